The van der Waals surface area contributed by atoms with Gasteiger partial charge in [0.15, 0.2) is 5.76 Å². The van der Waals surface area contributed by atoms with Gasteiger partial charge in [0.1, 0.15) is 11.5 Å². The number of amides is 1. The highest BCUT2D eigenvalue weighted by atomic mass is 32.1. The molecule has 1 saturated heterocycles. The van der Waals surface area contributed by atoms with E-state index in [1.54, 1.807) is 6.08 Å². The van der Waals surface area contributed by atoms with E-state index in [0.29, 0.717) is 13.0 Å². The normalized spacial score (nSPS) is 14.4. The Bertz CT molecular complexity index is 1740. The predicted molar refractivity (Wildman–Crippen MR) is 160 cm³/mol. The summed E-state index contributed by atoms with van der Waals surface area (Å²) < 4.78 is 13.8. The van der Waals surface area contributed by atoms with Crippen molar-refractivity contribution >= 4 is 51.2 Å². The number of carbonyl (C=O) groups excluding carboxylic acids is 1. The van der Waals surface area contributed by atoms with Gasteiger partial charge in [0.25, 0.3) is 11.1 Å². The number of nitrogens with zero attached hydrogens (tertiary/aromatic N) is 2. The van der Waals surface area contributed by atoms with Crippen molar-refractivity contribution in [3.05, 3.63) is 127 Å². The van der Waals surface area contributed by atoms with E-state index in [9.17, 15) is 4.79 Å². The smallest absolute Gasteiger partial charge is 0.297 e. The quantitative estimate of drug-likeness (QED) is 0.118. The Morgan fingerprint density at radius 2 is 1.56 bits per heavy atom. The molecule has 4 aromatic carbocycles. The summed E-state index contributed by atoms with van der Waals surface area (Å²) in [6.07, 6.45) is 4.31. The number of hydrogen-bond acceptors (Lipinski definition) is 4. The average molecular weight is 531 g/mol. The zero-order chi connectivity index (χ0) is 26.8. The Morgan fingerprint density at radius 3 is 2.36 bits per heavy atom. The minimum absolute atomic E-state index is 0.180. The highest BCUT2D eigenvalue weighted by molar-refractivity contribution is 7.80. The highest BCUT2D eigenvalue weighted by Gasteiger charge is 2.33. The molecule has 6 heteroatoms. The molecule has 192 valence electrons. The van der Waals surface area contributed by atoms with Crippen molar-refractivity contribution < 1.29 is 14.3 Å². The van der Waals surface area contributed by atoms with Crippen molar-refractivity contribution in [2.24, 2.45) is 0 Å². The van der Waals surface area contributed by atoms with Gasteiger partial charge >= 0.3 is 0 Å². The van der Waals surface area contributed by atoms with E-state index in [0.717, 1.165) is 51.0 Å². The van der Waals surface area contributed by atoms with Gasteiger partial charge in [0, 0.05) is 34.9 Å². The first-order valence-corrected chi connectivity index (χ1v) is 13.2. The van der Waals surface area contributed by atoms with Crippen molar-refractivity contribution in [1.29, 1.82) is 0 Å². The third-order valence-electron chi connectivity index (χ3n) is 6.81. The number of ether oxygens (including phenoxy) is 2. The molecule has 0 unspecified atom stereocenters. The predicted octanol–water partition coefficient (Wildman–Crippen LogP) is 7.50. The van der Waals surface area contributed by atoms with Crippen molar-refractivity contribution in [3.63, 3.8) is 0 Å². The third-order valence-corrected chi connectivity index (χ3v) is 7.11. The molecule has 2 heterocycles. The largest absolute Gasteiger partial charge is 0.457 e. The Labute approximate surface area is 232 Å². The SMILES string of the molecule is C=CCn1c2ccccc2c2cc(/C=C3/OC(=S)N(CCc4ccc(Oc5ccccc5)cc4)C3=O)ccc21. The molecule has 5 nitrogen and oxygen atoms in total. The van der Waals surface area contributed by atoms with E-state index < -0.39 is 0 Å². The van der Waals surface area contributed by atoms with E-state index in [4.69, 9.17) is 21.7 Å². The van der Waals surface area contributed by atoms with Crippen molar-refractivity contribution in [1.82, 2.24) is 9.47 Å². The van der Waals surface area contributed by atoms with Crippen LogP contribution in [0.25, 0.3) is 27.9 Å². The lowest BCUT2D eigenvalue weighted by Gasteiger charge is -2.12. The standard InChI is InChI=1S/C33H26N2O3S/c1-2-19-34-29-11-7-6-10-27(29)28-21-24(14-17-30(28)34)22-31-32(36)35(33(39)38-31)20-18-23-12-15-26(16-13-23)37-25-8-4-3-5-9-25/h2-17,21-22H,1,18-20H2/b31-22+. The van der Waals surface area contributed by atoms with Crippen LogP contribution in [0.4, 0.5) is 0 Å². The fourth-order valence-electron chi connectivity index (χ4n) is 4.92. The van der Waals surface area contributed by atoms with Crippen LogP contribution in [0, 0.1) is 0 Å². The van der Waals surface area contributed by atoms with Crippen LogP contribution >= 0.6 is 12.2 Å². The summed E-state index contributed by atoms with van der Waals surface area (Å²) in [6.45, 7) is 5.06. The number of benzene rings is 4. The second-order valence-corrected chi connectivity index (χ2v) is 9.68. The lowest BCUT2D eigenvalue weighted by Crippen LogP contribution is -2.30. The highest BCUT2D eigenvalue weighted by Crippen LogP contribution is 2.31. The summed E-state index contributed by atoms with van der Waals surface area (Å²) in [5.74, 6) is 1.56. The van der Waals surface area contributed by atoms with Crippen LogP contribution in [-0.4, -0.2) is 27.1 Å². The molecular formula is C33H26N2O3S. The molecule has 1 aliphatic heterocycles. The molecule has 1 fully saturated rings. The molecule has 0 bridgehead atoms. The lowest BCUT2D eigenvalue weighted by atomic mass is 10.1. The zero-order valence-electron chi connectivity index (χ0n) is 21.2. The molecule has 1 aliphatic rings. The lowest BCUT2D eigenvalue weighted by molar-refractivity contribution is -0.122. The van der Waals surface area contributed by atoms with Crippen LogP contribution in [0.15, 0.2) is 115 Å². The van der Waals surface area contributed by atoms with Crippen LogP contribution in [0.5, 0.6) is 11.5 Å². The molecule has 0 aliphatic carbocycles. The maximum atomic E-state index is 13.2. The molecule has 0 N–H and O–H groups in total. The first-order valence-electron chi connectivity index (χ1n) is 12.8. The Morgan fingerprint density at radius 1 is 0.846 bits per heavy atom. The molecule has 0 saturated carbocycles. The van der Waals surface area contributed by atoms with Crippen LogP contribution in [0.3, 0.4) is 0 Å². The molecule has 39 heavy (non-hydrogen) atoms. The maximum absolute atomic E-state index is 13.2. The number of rotatable bonds is 8. The number of thiocarbonyl (C=S) groups is 1. The number of carbonyl (C=O) groups is 1. The summed E-state index contributed by atoms with van der Waals surface area (Å²) in [7, 11) is 0. The van der Waals surface area contributed by atoms with Gasteiger partial charge in [0.2, 0.25) is 0 Å². The van der Waals surface area contributed by atoms with E-state index in [2.05, 4.69) is 35.4 Å². The summed E-state index contributed by atoms with van der Waals surface area (Å²) in [5.41, 5.74) is 4.22. The van der Waals surface area contributed by atoms with E-state index >= 15 is 0 Å². The summed E-state index contributed by atoms with van der Waals surface area (Å²) in [5, 5.41) is 2.45. The molecule has 0 radical (unpaired) electrons. The Kier molecular flexibility index (Phi) is 6.69. The van der Waals surface area contributed by atoms with E-state index in [1.807, 2.05) is 78.9 Å². The summed E-state index contributed by atoms with van der Waals surface area (Å²) >= 11 is 5.40. The molecule has 5 aromatic rings. The number of allylic oxidation sites excluding steroid dienone is 1. The monoisotopic (exact) mass is 530 g/mol. The van der Waals surface area contributed by atoms with Gasteiger partial charge in [-0.25, -0.2) is 0 Å². The Hall–Kier alpha value is -4.68. The molecule has 0 atom stereocenters. The van der Waals surface area contributed by atoms with Crippen molar-refractivity contribution in [2.75, 3.05) is 6.54 Å². The number of aromatic nitrogens is 1. The van der Waals surface area contributed by atoms with Gasteiger partial charge in [-0.1, -0.05) is 60.7 Å². The molecule has 6 rings (SSSR count). The van der Waals surface area contributed by atoms with Gasteiger partial charge in [-0.15, -0.1) is 6.58 Å². The van der Waals surface area contributed by atoms with Crippen molar-refractivity contribution in [3.8, 4) is 11.5 Å². The average Bonchev–Trinajstić information content (AvgIpc) is 3.41. The third kappa shape index (κ3) is 4.94. The second kappa shape index (κ2) is 10.6. The maximum Gasteiger partial charge on any atom is 0.297 e. The van der Waals surface area contributed by atoms with Gasteiger partial charge in [-0.05, 0) is 78.3 Å². The number of para-hydroxylation sites is 2. The fourth-order valence-corrected chi connectivity index (χ4v) is 5.18. The first-order chi connectivity index (χ1) is 19.1. The minimum Gasteiger partial charge on any atom is -0.457 e. The van der Waals surface area contributed by atoms with Crippen LogP contribution < -0.4 is 4.74 Å². The van der Waals surface area contributed by atoms with Gasteiger partial charge in [0.05, 0.1) is 0 Å². The number of fused-ring (bicyclic) bond motifs is 3. The van der Waals surface area contributed by atoms with Crippen LogP contribution in [-0.2, 0) is 22.5 Å². The number of hydrogen-bond donors (Lipinski definition) is 0. The molecular weight excluding hydrogens is 504 g/mol. The van der Waals surface area contributed by atoms with E-state index in [1.165, 1.54) is 4.90 Å². The summed E-state index contributed by atoms with van der Waals surface area (Å²) in [6, 6.07) is 32.0. The van der Waals surface area contributed by atoms with Gasteiger partial charge in [-0.2, -0.15) is 0 Å². The Balaban J connectivity index is 1.17. The summed E-state index contributed by atoms with van der Waals surface area (Å²) in [4.78, 5) is 14.7. The van der Waals surface area contributed by atoms with Gasteiger partial charge < -0.3 is 14.0 Å². The van der Waals surface area contributed by atoms with Crippen LogP contribution in [0.2, 0.25) is 0 Å². The first kappa shape index (κ1) is 24.6. The molecule has 1 amide bonds. The topological polar surface area (TPSA) is 43.7 Å². The van der Waals surface area contributed by atoms with Crippen LogP contribution in [0.1, 0.15) is 11.1 Å². The van der Waals surface area contributed by atoms with Crippen molar-refractivity contribution in [2.45, 2.75) is 13.0 Å². The molecule has 1 aromatic heterocycles. The molecule has 0 spiro atoms. The van der Waals surface area contributed by atoms with E-state index in [-0.39, 0.29) is 16.8 Å². The van der Waals surface area contributed by atoms with Gasteiger partial charge in [-0.3, -0.25) is 9.69 Å². The zero-order valence-corrected chi connectivity index (χ0v) is 22.1. The fraction of sp³-hybridized carbons (Fsp3) is 0.0909. The second-order valence-electron chi connectivity index (χ2n) is 9.34. The minimum atomic E-state index is -0.224.